The van der Waals surface area contributed by atoms with Crippen molar-refractivity contribution in [3.63, 3.8) is 0 Å². The van der Waals surface area contributed by atoms with Crippen LogP contribution in [0.3, 0.4) is 0 Å². The first kappa shape index (κ1) is 10.2. The van der Waals surface area contributed by atoms with Crippen LogP contribution in [0.4, 0.5) is 0 Å². The quantitative estimate of drug-likeness (QED) is 0.297. The van der Waals surface area contributed by atoms with Crippen molar-refractivity contribution >= 4 is 0 Å². The van der Waals surface area contributed by atoms with Crippen LogP contribution in [0.1, 0.15) is 6.92 Å². The lowest BCUT2D eigenvalue weighted by Crippen LogP contribution is -2.40. The fourth-order valence-electron chi connectivity index (χ4n) is 1.23. The van der Waals surface area contributed by atoms with Gasteiger partial charge in [0.15, 0.2) is 5.79 Å². The normalized spacial score (nSPS) is 44.5. The van der Waals surface area contributed by atoms with Gasteiger partial charge >= 0.3 is 0 Å². The van der Waals surface area contributed by atoms with E-state index in [4.69, 9.17) is 10.3 Å². The summed E-state index contributed by atoms with van der Waals surface area (Å²) in [6.07, 6.45) is -3.48. The molecule has 1 heterocycles. The van der Waals surface area contributed by atoms with Crippen LogP contribution in [-0.2, 0) is 4.74 Å². The van der Waals surface area contributed by atoms with E-state index in [2.05, 4.69) is 10.0 Å². The molecule has 0 radical (unpaired) electrons. The Labute approximate surface area is 74.2 Å². The summed E-state index contributed by atoms with van der Waals surface area (Å²) in [5.41, 5.74) is 8.01. The first-order valence-corrected chi connectivity index (χ1v) is 3.76. The predicted molar refractivity (Wildman–Crippen MR) is 41.5 cm³/mol. The fraction of sp³-hybridized carbons (Fsp3) is 1.00. The van der Waals surface area contributed by atoms with Crippen LogP contribution >= 0.6 is 0 Å². The van der Waals surface area contributed by atoms with Crippen LogP contribution in [0.5, 0.6) is 0 Å². The van der Waals surface area contributed by atoms with Gasteiger partial charge in [0, 0.05) is 4.91 Å². The second-order valence-corrected chi connectivity index (χ2v) is 3.06. The number of ether oxygens (including phenoxy) is 1. The Morgan fingerprint density at radius 1 is 1.62 bits per heavy atom. The van der Waals surface area contributed by atoms with Gasteiger partial charge < -0.3 is 20.1 Å². The summed E-state index contributed by atoms with van der Waals surface area (Å²) in [6, 6.07) is 0. The first-order chi connectivity index (χ1) is 5.99. The van der Waals surface area contributed by atoms with Gasteiger partial charge in [0.25, 0.3) is 0 Å². The SMILES string of the molecule is CC1(O)OC(CN=[N+]=[N-])C(O)C1O. The lowest BCUT2D eigenvalue weighted by Gasteiger charge is -2.19. The van der Waals surface area contributed by atoms with Gasteiger partial charge in [0.05, 0.1) is 12.6 Å². The Hall–Kier alpha value is -0.850. The summed E-state index contributed by atoms with van der Waals surface area (Å²) < 4.78 is 4.87. The van der Waals surface area contributed by atoms with E-state index in [0.29, 0.717) is 0 Å². The highest BCUT2D eigenvalue weighted by molar-refractivity contribution is 4.93. The van der Waals surface area contributed by atoms with Crippen molar-refractivity contribution in [2.45, 2.75) is 31.0 Å². The number of rotatable bonds is 2. The van der Waals surface area contributed by atoms with Crippen LogP contribution in [0.15, 0.2) is 5.11 Å². The highest BCUT2D eigenvalue weighted by Crippen LogP contribution is 2.28. The molecule has 1 aliphatic heterocycles. The second-order valence-electron chi connectivity index (χ2n) is 3.06. The van der Waals surface area contributed by atoms with Crippen molar-refractivity contribution in [2.75, 3.05) is 6.54 Å². The third kappa shape index (κ3) is 1.90. The molecular weight excluding hydrogens is 178 g/mol. The second kappa shape index (κ2) is 3.49. The van der Waals surface area contributed by atoms with Gasteiger partial charge in [-0.05, 0) is 12.5 Å². The van der Waals surface area contributed by atoms with Crippen molar-refractivity contribution in [2.24, 2.45) is 5.11 Å². The Kier molecular flexibility index (Phi) is 2.74. The molecule has 4 unspecified atom stereocenters. The van der Waals surface area contributed by atoms with Gasteiger partial charge in [-0.3, -0.25) is 0 Å². The number of nitrogens with zero attached hydrogens (tertiary/aromatic N) is 3. The highest BCUT2D eigenvalue weighted by Gasteiger charge is 2.49. The van der Waals surface area contributed by atoms with Crippen LogP contribution in [0, 0.1) is 0 Å². The molecule has 0 saturated carbocycles. The number of azide groups is 1. The monoisotopic (exact) mass is 189 g/mol. The zero-order chi connectivity index (χ0) is 10.1. The smallest absolute Gasteiger partial charge is 0.192 e. The zero-order valence-electron chi connectivity index (χ0n) is 7.03. The van der Waals surface area contributed by atoms with Crippen molar-refractivity contribution < 1.29 is 20.1 Å². The van der Waals surface area contributed by atoms with Gasteiger partial charge in [-0.15, -0.1) is 0 Å². The average Bonchev–Trinajstić information content (AvgIpc) is 2.26. The van der Waals surface area contributed by atoms with E-state index < -0.39 is 24.1 Å². The van der Waals surface area contributed by atoms with Crippen molar-refractivity contribution in [1.82, 2.24) is 0 Å². The Bertz CT molecular complexity index is 238. The van der Waals surface area contributed by atoms with Gasteiger partial charge in [0.2, 0.25) is 0 Å². The molecule has 0 aromatic heterocycles. The molecule has 7 nitrogen and oxygen atoms in total. The number of aliphatic hydroxyl groups is 3. The molecular formula is C6H11N3O4. The molecule has 0 aliphatic carbocycles. The molecule has 0 aromatic rings. The minimum absolute atomic E-state index is 0.120. The number of hydrogen-bond acceptors (Lipinski definition) is 5. The molecule has 1 rings (SSSR count). The van der Waals surface area contributed by atoms with Gasteiger partial charge in [0.1, 0.15) is 12.2 Å². The van der Waals surface area contributed by atoms with Crippen molar-refractivity contribution in [3.05, 3.63) is 10.4 Å². The van der Waals surface area contributed by atoms with Crippen LogP contribution < -0.4 is 0 Å². The standard InChI is InChI=1S/C6H11N3O4/c1-6(12)5(11)4(10)3(13-6)2-8-9-7/h3-5,10-12H,2H2,1H3. The van der Waals surface area contributed by atoms with E-state index in [-0.39, 0.29) is 6.54 Å². The van der Waals surface area contributed by atoms with Crippen molar-refractivity contribution in [3.8, 4) is 0 Å². The average molecular weight is 189 g/mol. The molecule has 4 atom stereocenters. The Morgan fingerprint density at radius 2 is 2.23 bits per heavy atom. The third-order valence-electron chi connectivity index (χ3n) is 1.97. The summed E-state index contributed by atoms with van der Waals surface area (Å²) in [7, 11) is 0. The van der Waals surface area contributed by atoms with E-state index >= 15 is 0 Å². The highest BCUT2D eigenvalue weighted by atomic mass is 16.7. The van der Waals surface area contributed by atoms with E-state index in [1.807, 2.05) is 0 Å². The molecule has 1 aliphatic rings. The third-order valence-corrected chi connectivity index (χ3v) is 1.97. The Balaban J connectivity index is 2.66. The van der Waals surface area contributed by atoms with Gasteiger partial charge in [-0.25, -0.2) is 0 Å². The fourth-order valence-corrected chi connectivity index (χ4v) is 1.23. The zero-order valence-corrected chi connectivity index (χ0v) is 7.03. The lowest BCUT2D eigenvalue weighted by molar-refractivity contribution is -0.213. The molecule has 0 amide bonds. The summed E-state index contributed by atoms with van der Waals surface area (Å²) in [6.45, 7) is 1.11. The van der Waals surface area contributed by atoms with E-state index in [1.165, 1.54) is 6.92 Å². The molecule has 0 aromatic carbocycles. The molecule has 7 heteroatoms. The maximum Gasteiger partial charge on any atom is 0.192 e. The largest absolute Gasteiger partial charge is 0.387 e. The van der Waals surface area contributed by atoms with Gasteiger partial charge in [-0.1, -0.05) is 5.11 Å². The minimum Gasteiger partial charge on any atom is -0.387 e. The summed E-state index contributed by atoms with van der Waals surface area (Å²) in [5.74, 6) is -1.78. The predicted octanol–water partition coefficient (Wildman–Crippen LogP) is -0.874. The summed E-state index contributed by atoms with van der Waals surface area (Å²) >= 11 is 0. The van der Waals surface area contributed by atoms with Crippen molar-refractivity contribution in [1.29, 1.82) is 0 Å². The molecule has 3 N–H and O–H groups in total. The topological polar surface area (TPSA) is 119 Å². The number of hydrogen-bond donors (Lipinski definition) is 3. The summed E-state index contributed by atoms with van der Waals surface area (Å²) in [4.78, 5) is 2.48. The molecule has 74 valence electrons. The molecule has 13 heavy (non-hydrogen) atoms. The molecule has 0 bridgehead atoms. The van der Waals surface area contributed by atoms with Crippen LogP contribution in [-0.4, -0.2) is 46.0 Å². The molecule has 0 spiro atoms. The van der Waals surface area contributed by atoms with E-state index in [0.717, 1.165) is 0 Å². The minimum atomic E-state index is -1.78. The number of aliphatic hydroxyl groups excluding tert-OH is 2. The van der Waals surface area contributed by atoms with Crippen LogP contribution in [0.2, 0.25) is 0 Å². The summed E-state index contributed by atoms with van der Waals surface area (Å²) in [5, 5.41) is 31.1. The van der Waals surface area contributed by atoms with Gasteiger partial charge in [-0.2, -0.15) is 0 Å². The van der Waals surface area contributed by atoms with Crippen LogP contribution in [0.25, 0.3) is 10.4 Å². The van der Waals surface area contributed by atoms with E-state index in [9.17, 15) is 15.3 Å². The maximum absolute atomic E-state index is 9.34. The maximum atomic E-state index is 9.34. The lowest BCUT2D eigenvalue weighted by atomic mass is 10.1. The molecule has 1 saturated heterocycles. The Morgan fingerprint density at radius 3 is 2.62 bits per heavy atom. The molecule has 1 fully saturated rings. The van der Waals surface area contributed by atoms with E-state index in [1.54, 1.807) is 0 Å². The first-order valence-electron chi connectivity index (χ1n) is 3.76.